The molecule has 0 amide bonds. The number of fused-ring (bicyclic) bond motifs is 1. The van der Waals surface area contributed by atoms with Crippen molar-refractivity contribution in [2.24, 2.45) is 5.92 Å². The third kappa shape index (κ3) is 3.46. The van der Waals surface area contributed by atoms with Crippen LogP contribution >= 0.6 is 0 Å². The predicted octanol–water partition coefficient (Wildman–Crippen LogP) is 3.65. The zero-order valence-electron chi connectivity index (χ0n) is 14.1. The summed E-state index contributed by atoms with van der Waals surface area (Å²) in [5, 5.41) is 14.1. The van der Waals surface area contributed by atoms with E-state index in [1.807, 2.05) is 30.3 Å². The summed E-state index contributed by atoms with van der Waals surface area (Å²) < 4.78 is 0. The third-order valence-electron chi connectivity index (χ3n) is 4.90. The number of anilines is 1. The number of hydrogen-bond acceptors (Lipinski definition) is 5. The molecule has 4 rings (SSSR count). The quantitative estimate of drug-likeness (QED) is 0.762. The molecule has 2 unspecified atom stereocenters. The van der Waals surface area contributed by atoms with E-state index in [0.717, 1.165) is 48.0 Å². The molecule has 1 saturated carbocycles. The van der Waals surface area contributed by atoms with Gasteiger partial charge in [-0.2, -0.15) is 0 Å². The second kappa shape index (κ2) is 7.15. The molecule has 3 aromatic rings. The summed E-state index contributed by atoms with van der Waals surface area (Å²) in [4.78, 5) is 13.7. The molecule has 5 heteroatoms. The summed E-state index contributed by atoms with van der Waals surface area (Å²) in [6.45, 7) is 0.267. The van der Waals surface area contributed by atoms with Crippen LogP contribution in [-0.4, -0.2) is 32.7 Å². The average molecular weight is 334 g/mol. The van der Waals surface area contributed by atoms with E-state index in [0.29, 0.717) is 17.8 Å². The molecule has 2 atom stereocenters. The van der Waals surface area contributed by atoms with E-state index in [-0.39, 0.29) is 6.61 Å². The Morgan fingerprint density at radius 1 is 1.08 bits per heavy atom. The predicted molar refractivity (Wildman–Crippen MR) is 99.2 cm³/mol. The number of benzene rings is 1. The Hall–Kier alpha value is -2.53. The van der Waals surface area contributed by atoms with Crippen molar-refractivity contribution < 1.29 is 5.11 Å². The van der Waals surface area contributed by atoms with Crippen molar-refractivity contribution in [3.05, 3.63) is 48.8 Å². The summed E-state index contributed by atoms with van der Waals surface area (Å²) in [5.41, 5.74) is 1.83. The average Bonchev–Trinajstić information content (AvgIpc) is 2.69. The van der Waals surface area contributed by atoms with Crippen LogP contribution in [0.25, 0.3) is 22.3 Å². The Bertz CT molecular complexity index is 853. The van der Waals surface area contributed by atoms with Gasteiger partial charge in [-0.1, -0.05) is 18.6 Å². The van der Waals surface area contributed by atoms with Crippen LogP contribution in [0.3, 0.4) is 0 Å². The number of hydrogen-bond donors (Lipinski definition) is 2. The maximum absolute atomic E-state index is 9.48. The van der Waals surface area contributed by atoms with E-state index >= 15 is 0 Å². The van der Waals surface area contributed by atoms with E-state index in [1.54, 1.807) is 12.4 Å². The molecule has 0 aliphatic heterocycles. The first-order valence-corrected chi connectivity index (χ1v) is 8.88. The number of aliphatic hydroxyl groups is 1. The van der Waals surface area contributed by atoms with Crippen LogP contribution in [-0.2, 0) is 0 Å². The van der Waals surface area contributed by atoms with Gasteiger partial charge < -0.3 is 10.4 Å². The van der Waals surface area contributed by atoms with Crippen molar-refractivity contribution in [3.63, 3.8) is 0 Å². The fourth-order valence-corrected chi connectivity index (χ4v) is 3.59. The van der Waals surface area contributed by atoms with Crippen molar-refractivity contribution in [3.8, 4) is 11.4 Å². The number of nitrogens with zero attached hydrogens (tertiary/aromatic N) is 3. The molecule has 0 spiro atoms. The molecule has 2 N–H and O–H groups in total. The number of aliphatic hydroxyl groups excluding tert-OH is 1. The summed E-state index contributed by atoms with van der Waals surface area (Å²) in [5.74, 6) is 1.94. The van der Waals surface area contributed by atoms with E-state index in [2.05, 4.69) is 16.4 Å². The molecule has 25 heavy (non-hydrogen) atoms. The molecule has 1 aliphatic carbocycles. The van der Waals surface area contributed by atoms with Gasteiger partial charge in [0.05, 0.1) is 5.52 Å². The topological polar surface area (TPSA) is 70.9 Å². The first-order valence-electron chi connectivity index (χ1n) is 8.88. The van der Waals surface area contributed by atoms with Crippen LogP contribution in [0.5, 0.6) is 0 Å². The lowest BCUT2D eigenvalue weighted by Crippen LogP contribution is -2.29. The molecule has 1 aromatic carbocycles. The highest BCUT2D eigenvalue weighted by molar-refractivity contribution is 5.90. The summed E-state index contributed by atoms with van der Waals surface area (Å²) in [7, 11) is 0. The van der Waals surface area contributed by atoms with E-state index in [9.17, 15) is 5.11 Å². The van der Waals surface area contributed by atoms with Gasteiger partial charge in [-0.25, -0.2) is 9.97 Å². The normalized spacial score (nSPS) is 20.5. The van der Waals surface area contributed by atoms with Crippen LogP contribution in [0.1, 0.15) is 25.7 Å². The lowest BCUT2D eigenvalue weighted by atomic mass is 9.86. The number of nitrogens with one attached hydrogen (secondary N) is 1. The maximum Gasteiger partial charge on any atom is 0.163 e. The second-order valence-corrected chi connectivity index (χ2v) is 6.71. The van der Waals surface area contributed by atoms with Gasteiger partial charge in [0.15, 0.2) is 5.82 Å². The smallest absolute Gasteiger partial charge is 0.163 e. The summed E-state index contributed by atoms with van der Waals surface area (Å²) in [6, 6.07) is 12.3. The number of rotatable bonds is 4. The number of pyridine rings is 1. The highest BCUT2D eigenvalue weighted by Gasteiger charge is 2.22. The van der Waals surface area contributed by atoms with Crippen molar-refractivity contribution in [1.29, 1.82) is 0 Å². The Kier molecular flexibility index (Phi) is 4.57. The zero-order chi connectivity index (χ0) is 17.1. The van der Waals surface area contributed by atoms with E-state index in [4.69, 9.17) is 9.97 Å². The van der Waals surface area contributed by atoms with Gasteiger partial charge in [0.1, 0.15) is 5.82 Å². The molecule has 2 aromatic heterocycles. The van der Waals surface area contributed by atoms with E-state index in [1.165, 1.54) is 0 Å². The van der Waals surface area contributed by atoms with Crippen molar-refractivity contribution in [2.75, 3.05) is 11.9 Å². The molecule has 0 radical (unpaired) electrons. The van der Waals surface area contributed by atoms with Crippen LogP contribution in [0.4, 0.5) is 5.82 Å². The molecule has 128 valence electrons. The molecule has 0 saturated heterocycles. The van der Waals surface area contributed by atoms with Gasteiger partial charge in [-0.3, -0.25) is 4.98 Å². The van der Waals surface area contributed by atoms with Gasteiger partial charge in [0, 0.05) is 36.0 Å². The van der Waals surface area contributed by atoms with Crippen molar-refractivity contribution >= 4 is 16.7 Å². The highest BCUT2D eigenvalue weighted by Crippen LogP contribution is 2.29. The SMILES string of the molecule is OCC1CCCC(Nc2nc(-c3cccnc3)nc3ccccc23)C1. The molecular formula is C20H22N4O. The van der Waals surface area contributed by atoms with Crippen LogP contribution in [0.2, 0.25) is 0 Å². The van der Waals surface area contributed by atoms with Crippen LogP contribution in [0, 0.1) is 5.92 Å². The van der Waals surface area contributed by atoms with E-state index < -0.39 is 0 Å². The zero-order valence-corrected chi connectivity index (χ0v) is 14.1. The number of aromatic nitrogens is 3. The highest BCUT2D eigenvalue weighted by atomic mass is 16.3. The maximum atomic E-state index is 9.48. The number of para-hydroxylation sites is 1. The Labute approximate surface area is 147 Å². The molecule has 1 fully saturated rings. The van der Waals surface area contributed by atoms with Gasteiger partial charge in [-0.15, -0.1) is 0 Å². The summed E-state index contributed by atoms with van der Waals surface area (Å²) >= 11 is 0. The lowest BCUT2D eigenvalue weighted by Gasteiger charge is -2.29. The molecule has 5 nitrogen and oxygen atoms in total. The van der Waals surface area contributed by atoms with Crippen molar-refractivity contribution in [1.82, 2.24) is 15.0 Å². The molecule has 2 heterocycles. The standard InChI is InChI=1S/C20H22N4O/c25-13-14-5-3-7-16(11-14)22-20-17-8-1-2-9-18(17)23-19(24-20)15-6-4-10-21-12-15/h1-2,4,6,8-10,12,14,16,25H,3,5,7,11,13H2,(H,22,23,24). The third-order valence-corrected chi connectivity index (χ3v) is 4.90. The van der Waals surface area contributed by atoms with Crippen LogP contribution in [0.15, 0.2) is 48.8 Å². The molecule has 1 aliphatic rings. The Morgan fingerprint density at radius 2 is 2.00 bits per heavy atom. The second-order valence-electron chi connectivity index (χ2n) is 6.71. The minimum Gasteiger partial charge on any atom is -0.396 e. The molecule has 0 bridgehead atoms. The first-order chi connectivity index (χ1) is 12.3. The fourth-order valence-electron chi connectivity index (χ4n) is 3.59. The van der Waals surface area contributed by atoms with Gasteiger partial charge >= 0.3 is 0 Å². The molecular weight excluding hydrogens is 312 g/mol. The van der Waals surface area contributed by atoms with Crippen molar-refractivity contribution in [2.45, 2.75) is 31.7 Å². The first kappa shape index (κ1) is 16.0. The Balaban J connectivity index is 1.71. The van der Waals surface area contributed by atoms with Gasteiger partial charge in [-0.05, 0) is 49.4 Å². The summed E-state index contributed by atoms with van der Waals surface area (Å²) in [6.07, 6.45) is 7.88. The van der Waals surface area contributed by atoms with Gasteiger partial charge in [0.25, 0.3) is 0 Å². The minimum absolute atomic E-state index is 0.267. The Morgan fingerprint density at radius 3 is 2.84 bits per heavy atom. The fraction of sp³-hybridized carbons (Fsp3) is 0.350. The monoisotopic (exact) mass is 334 g/mol. The minimum atomic E-state index is 0.267. The largest absolute Gasteiger partial charge is 0.396 e. The van der Waals surface area contributed by atoms with Crippen LogP contribution < -0.4 is 5.32 Å². The lowest BCUT2D eigenvalue weighted by molar-refractivity contribution is 0.184. The van der Waals surface area contributed by atoms with Gasteiger partial charge in [0.2, 0.25) is 0 Å².